The molecule has 0 spiro atoms. The summed E-state index contributed by atoms with van der Waals surface area (Å²) < 4.78 is 5.64. The van der Waals surface area contributed by atoms with Crippen LogP contribution in [-0.4, -0.2) is 6.61 Å². The maximum atomic E-state index is 5.64. The normalized spacial score (nSPS) is 9.95. The van der Waals surface area contributed by atoms with Crippen LogP contribution in [0, 0.1) is 0 Å². The van der Waals surface area contributed by atoms with Crippen LogP contribution in [0.3, 0.4) is 0 Å². The summed E-state index contributed by atoms with van der Waals surface area (Å²) in [5.74, 6) is 0.854. The molecule has 2 aromatic carbocycles. The maximum absolute atomic E-state index is 5.64. The molecule has 0 aromatic heterocycles. The molecule has 0 heterocycles. The third-order valence-corrected chi connectivity index (χ3v) is 3.00. The number of allylic oxidation sites excluding steroid dienone is 2. The van der Waals surface area contributed by atoms with E-state index in [-0.39, 0.29) is 0 Å². The zero-order valence-corrected chi connectivity index (χ0v) is 11.2. The highest BCUT2D eigenvalue weighted by atomic mass is 16.5. The van der Waals surface area contributed by atoms with Gasteiger partial charge in [-0.2, -0.15) is 0 Å². The Balaban J connectivity index is 2.32. The summed E-state index contributed by atoms with van der Waals surface area (Å²) in [5, 5.41) is 0. The molecule has 2 rings (SSSR count). The van der Waals surface area contributed by atoms with Gasteiger partial charge >= 0.3 is 0 Å². The quantitative estimate of drug-likeness (QED) is 0.692. The van der Waals surface area contributed by atoms with Crippen LogP contribution >= 0.6 is 0 Å². The van der Waals surface area contributed by atoms with Gasteiger partial charge in [0, 0.05) is 5.56 Å². The molecule has 0 aliphatic carbocycles. The molecule has 0 radical (unpaired) electrons. The lowest BCUT2D eigenvalue weighted by molar-refractivity contribution is 0.339. The van der Waals surface area contributed by atoms with Crippen LogP contribution in [0.2, 0.25) is 0 Å². The number of rotatable bonds is 5. The number of hydrogen-bond acceptors (Lipinski definition) is 1. The summed E-state index contributed by atoms with van der Waals surface area (Å²) in [5.41, 5.74) is 3.90. The minimum atomic E-state index is 0.641. The molecule has 19 heavy (non-hydrogen) atoms. The van der Waals surface area contributed by atoms with Crippen LogP contribution in [0.5, 0.6) is 5.75 Å². The molecule has 0 aliphatic rings. The minimum Gasteiger partial charge on any atom is -0.493 e. The van der Waals surface area contributed by atoms with Gasteiger partial charge in [0.15, 0.2) is 0 Å². The lowest BCUT2D eigenvalue weighted by Gasteiger charge is -2.14. The smallest absolute Gasteiger partial charge is 0.127 e. The van der Waals surface area contributed by atoms with Gasteiger partial charge in [0.1, 0.15) is 5.75 Å². The van der Waals surface area contributed by atoms with Gasteiger partial charge in [-0.05, 0) is 29.7 Å². The van der Waals surface area contributed by atoms with Crippen molar-refractivity contribution in [3.05, 3.63) is 78.9 Å². The zero-order chi connectivity index (χ0) is 13.7. The van der Waals surface area contributed by atoms with Crippen molar-refractivity contribution in [2.75, 3.05) is 6.61 Å². The first-order valence-corrected chi connectivity index (χ1v) is 6.40. The molecular weight excluding hydrogens is 232 g/mol. The summed E-state index contributed by atoms with van der Waals surface area (Å²) >= 11 is 0. The summed E-state index contributed by atoms with van der Waals surface area (Å²) in [7, 11) is 0. The SMILES string of the molecule is C=C(C(=C)c1ccccc1OCC)c1ccccc1. The number of benzene rings is 2. The Morgan fingerprint density at radius 2 is 1.53 bits per heavy atom. The molecular formula is C18H18O. The number of ether oxygens (including phenoxy) is 1. The van der Waals surface area contributed by atoms with E-state index in [1.165, 1.54) is 0 Å². The topological polar surface area (TPSA) is 9.23 Å². The zero-order valence-electron chi connectivity index (χ0n) is 11.2. The van der Waals surface area contributed by atoms with Gasteiger partial charge in [0.05, 0.1) is 6.61 Å². The Labute approximate surface area is 114 Å². The Morgan fingerprint density at radius 3 is 2.21 bits per heavy atom. The van der Waals surface area contributed by atoms with Crippen molar-refractivity contribution in [3.8, 4) is 5.75 Å². The molecule has 1 heteroatoms. The third-order valence-electron chi connectivity index (χ3n) is 3.00. The van der Waals surface area contributed by atoms with Crippen molar-refractivity contribution >= 4 is 11.1 Å². The first-order chi connectivity index (χ1) is 9.24. The van der Waals surface area contributed by atoms with Gasteiger partial charge in [-0.15, -0.1) is 0 Å². The van der Waals surface area contributed by atoms with Gasteiger partial charge < -0.3 is 4.74 Å². The molecule has 0 saturated carbocycles. The van der Waals surface area contributed by atoms with Crippen molar-refractivity contribution in [1.82, 2.24) is 0 Å². The van der Waals surface area contributed by atoms with Gasteiger partial charge in [-0.1, -0.05) is 61.7 Å². The highest BCUT2D eigenvalue weighted by molar-refractivity contribution is 6.04. The predicted octanol–water partition coefficient (Wildman–Crippen LogP) is 4.81. The highest BCUT2D eigenvalue weighted by Crippen LogP contribution is 2.33. The van der Waals surface area contributed by atoms with Crippen LogP contribution < -0.4 is 4.74 Å². The molecule has 0 atom stereocenters. The van der Waals surface area contributed by atoms with Crippen molar-refractivity contribution < 1.29 is 4.74 Å². The number of hydrogen-bond donors (Lipinski definition) is 0. The fraction of sp³-hybridized carbons (Fsp3) is 0.111. The standard InChI is InChI=1S/C18H18O/c1-4-19-18-13-9-8-12-17(18)15(3)14(2)16-10-6-5-7-11-16/h5-13H,2-4H2,1H3. The van der Waals surface area contributed by atoms with Gasteiger partial charge in [-0.3, -0.25) is 0 Å². The molecule has 0 bridgehead atoms. The molecule has 2 aromatic rings. The average molecular weight is 250 g/mol. The van der Waals surface area contributed by atoms with Crippen LogP contribution in [0.25, 0.3) is 11.1 Å². The molecule has 0 amide bonds. The fourth-order valence-corrected chi connectivity index (χ4v) is 1.97. The molecule has 0 N–H and O–H groups in total. The first-order valence-electron chi connectivity index (χ1n) is 6.40. The Morgan fingerprint density at radius 1 is 0.895 bits per heavy atom. The second-order valence-corrected chi connectivity index (χ2v) is 4.25. The van der Waals surface area contributed by atoms with E-state index in [1.807, 2.05) is 61.5 Å². The van der Waals surface area contributed by atoms with E-state index >= 15 is 0 Å². The molecule has 0 aliphatic heterocycles. The predicted molar refractivity (Wildman–Crippen MR) is 82.1 cm³/mol. The van der Waals surface area contributed by atoms with Crippen molar-refractivity contribution in [3.63, 3.8) is 0 Å². The fourth-order valence-electron chi connectivity index (χ4n) is 1.97. The van der Waals surface area contributed by atoms with Gasteiger partial charge in [-0.25, -0.2) is 0 Å². The maximum Gasteiger partial charge on any atom is 0.127 e. The first kappa shape index (κ1) is 13.2. The van der Waals surface area contributed by atoms with E-state index in [0.29, 0.717) is 6.61 Å². The van der Waals surface area contributed by atoms with E-state index in [1.54, 1.807) is 0 Å². The summed E-state index contributed by atoms with van der Waals surface area (Å²) in [4.78, 5) is 0. The summed E-state index contributed by atoms with van der Waals surface area (Å²) in [6.07, 6.45) is 0. The number of para-hydroxylation sites is 1. The molecule has 0 fully saturated rings. The van der Waals surface area contributed by atoms with Crippen molar-refractivity contribution in [1.29, 1.82) is 0 Å². The van der Waals surface area contributed by atoms with Gasteiger partial charge in [0.25, 0.3) is 0 Å². The Kier molecular flexibility index (Phi) is 4.19. The van der Waals surface area contributed by atoms with Crippen molar-refractivity contribution in [2.45, 2.75) is 6.92 Å². The average Bonchev–Trinajstić information content (AvgIpc) is 2.47. The molecule has 0 saturated heterocycles. The van der Waals surface area contributed by atoms with E-state index in [9.17, 15) is 0 Å². The minimum absolute atomic E-state index is 0.641. The summed E-state index contributed by atoms with van der Waals surface area (Å²) in [6, 6.07) is 18.0. The van der Waals surface area contributed by atoms with Crippen LogP contribution in [0.4, 0.5) is 0 Å². The van der Waals surface area contributed by atoms with Crippen molar-refractivity contribution in [2.24, 2.45) is 0 Å². The van der Waals surface area contributed by atoms with E-state index in [2.05, 4.69) is 13.2 Å². The van der Waals surface area contributed by atoms with Crippen LogP contribution in [0.15, 0.2) is 67.8 Å². The molecule has 1 nitrogen and oxygen atoms in total. The monoisotopic (exact) mass is 250 g/mol. The second-order valence-electron chi connectivity index (χ2n) is 4.25. The lowest BCUT2D eigenvalue weighted by atomic mass is 9.94. The second kappa shape index (κ2) is 6.05. The highest BCUT2D eigenvalue weighted by Gasteiger charge is 2.10. The Hall–Kier alpha value is -2.28. The third kappa shape index (κ3) is 2.94. The Bertz CT molecular complexity index is 582. The van der Waals surface area contributed by atoms with E-state index in [0.717, 1.165) is 28.0 Å². The summed E-state index contributed by atoms with van der Waals surface area (Å²) in [6.45, 7) is 10.9. The largest absolute Gasteiger partial charge is 0.493 e. The van der Waals surface area contributed by atoms with E-state index < -0.39 is 0 Å². The van der Waals surface area contributed by atoms with Gasteiger partial charge in [0.2, 0.25) is 0 Å². The van der Waals surface area contributed by atoms with E-state index in [4.69, 9.17) is 4.74 Å². The lowest BCUT2D eigenvalue weighted by Crippen LogP contribution is -1.96. The molecule has 0 unspecified atom stereocenters. The molecule has 96 valence electrons. The van der Waals surface area contributed by atoms with Crippen LogP contribution in [-0.2, 0) is 0 Å². The van der Waals surface area contributed by atoms with Crippen LogP contribution in [0.1, 0.15) is 18.1 Å².